The zero-order chi connectivity index (χ0) is 15.5. The van der Waals surface area contributed by atoms with Crippen molar-refractivity contribution in [1.82, 2.24) is 0 Å². The van der Waals surface area contributed by atoms with Crippen molar-refractivity contribution in [2.24, 2.45) is 5.73 Å². The number of amidine groups is 1. The minimum atomic E-state index is -3.27. The summed E-state index contributed by atoms with van der Waals surface area (Å²) in [5.41, 5.74) is 7.97. The number of nitrogens with two attached hydrogens (primary N) is 1. The van der Waals surface area contributed by atoms with Crippen LogP contribution in [-0.2, 0) is 16.3 Å². The van der Waals surface area contributed by atoms with E-state index in [-0.39, 0.29) is 11.6 Å². The van der Waals surface area contributed by atoms with Gasteiger partial charge in [0.15, 0.2) is 9.84 Å². The molecule has 0 amide bonds. The van der Waals surface area contributed by atoms with Crippen molar-refractivity contribution < 1.29 is 8.42 Å². The lowest BCUT2D eigenvalue weighted by molar-refractivity contribution is 0.595. The molecule has 0 unspecified atom stereocenters. The Kier molecular flexibility index (Phi) is 4.43. The first-order valence-electron chi connectivity index (χ1n) is 6.61. The highest BCUT2D eigenvalue weighted by Crippen LogP contribution is 2.14. The maximum Gasteiger partial charge on any atom is 0.178 e. The Morgan fingerprint density at radius 3 is 2.14 bits per heavy atom. The van der Waals surface area contributed by atoms with Crippen LogP contribution in [0.4, 0.5) is 0 Å². The van der Waals surface area contributed by atoms with E-state index in [9.17, 15) is 8.42 Å². The normalized spacial score (nSPS) is 11.3. The van der Waals surface area contributed by atoms with E-state index in [1.54, 1.807) is 48.5 Å². The van der Waals surface area contributed by atoms with Crippen LogP contribution in [-0.4, -0.2) is 20.0 Å². The second-order valence-corrected chi connectivity index (χ2v) is 7.10. The largest absolute Gasteiger partial charge is 0.384 e. The van der Waals surface area contributed by atoms with Gasteiger partial charge in [-0.2, -0.15) is 0 Å². The highest BCUT2D eigenvalue weighted by molar-refractivity contribution is 7.91. The van der Waals surface area contributed by atoms with E-state index in [1.165, 1.54) is 0 Å². The second-order valence-electron chi connectivity index (χ2n) is 4.99. The Hall–Kier alpha value is -2.14. The SMILES string of the molecule is Cc1ccc(S(=O)(=O)CCc2ccc(C(=N)N)cc2)cc1. The molecule has 5 heteroatoms. The van der Waals surface area contributed by atoms with E-state index in [4.69, 9.17) is 11.1 Å². The minimum absolute atomic E-state index is 0.00817. The van der Waals surface area contributed by atoms with Gasteiger partial charge in [0.2, 0.25) is 0 Å². The standard InChI is InChI=1S/C16H18N2O2S/c1-12-2-8-15(9-3-12)21(19,20)11-10-13-4-6-14(7-5-13)16(17)18/h2-9H,10-11H2,1H3,(H3,17,18). The van der Waals surface area contributed by atoms with Crippen LogP contribution in [0.5, 0.6) is 0 Å². The molecule has 0 aromatic heterocycles. The van der Waals surface area contributed by atoms with Crippen molar-refractivity contribution >= 4 is 15.7 Å². The summed E-state index contributed by atoms with van der Waals surface area (Å²) < 4.78 is 24.5. The Balaban J connectivity index is 2.08. The summed E-state index contributed by atoms with van der Waals surface area (Å²) in [7, 11) is -3.27. The molecule has 0 fully saturated rings. The highest BCUT2D eigenvalue weighted by atomic mass is 32.2. The summed E-state index contributed by atoms with van der Waals surface area (Å²) in [6.07, 6.45) is 0.439. The van der Waals surface area contributed by atoms with Gasteiger partial charge in [0.05, 0.1) is 10.6 Å². The highest BCUT2D eigenvalue weighted by Gasteiger charge is 2.14. The quantitative estimate of drug-likeness (QED) is 0.656. The molecule has 0 radical (unpaired) electrons. The number of benzene rings is 2. The Bertz CT molecular complexity index is 733. The zero-order valence-electron chi connectivity index (χ0n) is 11.8. The molecule has 0 bridgehead atoms. The molecule has 0 heterocycles. The van der Waals surface area contributed by atoms with Crippen molar-refractivity contribution in [3.8, 4) is 0 Å². The molecule has 2 rings (SSSR count). The average molecular weight is 302 g/mol. The number of sulfone groups is 1. The van der Waals surface area contributed by atoms with Gasteiger partial charge < -0.3 is 5.73 Å². The van der Waals surface area contributed by atoms with Gasteiger partial charge in [-0.05, 0) is 31.0 Å². The fraction of sp³-hybridized carbons (Fsp3) is 0.188. The van der Waals surface area contributed by atoms with Crippen LogP contribution in [0.25, 0.3) is 0 Å². The zero-order valence-corrected chi connectivity index (χ0v) is 12.7. The number of hydrogen-bond acceptors (Lipinski definition) is 3. The summed E-state index contributed by atoms with van der Waals surface area (Å²) in [5.74, 6) is 0.0731. The fourth-order valence-electron chi connectivity index (χ4n) is 1.97. The molecule has 0 aliphatic carbocycles. The third kappa shape index (κ3) is 3.92. The average Bonchev–Trinajstić information content (AvgIpc) is 2.46. The van der Waals surface area contributed by atoms with Gasteiger partial charge in [-0.3, -0.25) is 5.41 Å². The Labute approximate surface area is 125 Å². The molecule has 110 valence electrons. The van der Waals surface area contributed by atoms with Gasteiger partial charge in [0.25, 0.3) is 0 Å². The van der Waals surface area contributed by atoms with E-state index in [0.717, 1.165) is 11.1 Å². The molecule has 4 nitrogen and oxygen atoms in total. The van der Waals surface area contributed by atoms with Gasteiger partial charge >= 0.3 is 0 Å². The molecule has 0 saturated carbocycles. The first-order chi connectivity index (χ1) is 9.88. The van der Waals surface area contributed by atoms with Crippen LogP contribution in [0.15, 0.2) is 53.4 Å². The summed E-state index contributed by atoms with van der Waals surface area (Å²) in [6.45, 7) is 1.92. The van der Waals surface area contributed by atoms with E-state index in [0.29, 0.717) is 16.9 Å². The third-order valence-electron chi connectivity index (χ3n) is 3.30. The molecular weight excluding hydrogens is 284 g/mol. The Morgan fingerprint density at radius 1 is 1.05 bits per heavy atom. The molecule has 21 heavy (non-hydrogen) atoms. The first-order valence-corrected chi connectivity index (χ1v) is 8.26. The van der Waals surface area contributed by atoms with Crippen LogP contribution in [0, 0.1) is 12.3 Å². The minimum Gasteiger partial charge on any atom is -0.384 e. The fourth-order valence-corrected chi connectivity index (χ4v) is 3.26. The van der Waals surface area contributed by atoms with Crippen molar-refractivity contribution in [3.63, 3.8) is 0 Å². The monoisotopic (exact) mass is 302 g/mol. The van der Waals surface area contributed by atoms with Crippen molar-refractivity contribution in [2.75, 3.05) is 5.75 Å². The number of hydrogen-bond donors (Lipinski definition) is 2. The van der Waals surface area contributed by atoms with Crippen molar-refractivity contribution in [1.29, 1.82) is 5.41 Å². The Morgan fingerprint density at radius 2 is 1.62 bits per heavy atom. The van der Waals surface area contributed by atoms with Crippen LogP contribution in [0.3, 0.4) is 0 Å². The van der Waals surface area contributed by atoms with Crippen LogP contribution in [0.2, 0.25) is 0 Å². The second kappa shape index (κ2) is 6.10. The van der Waals surface area contributed by atoms with E-state index < -0.39 is 9.84 Å². The number of nitrogen functional groups attached to an aromatic ring is 1. The summed E-state index contributed by atoms with van der Waals surface area (Å²) in [5, 5.41) is 7.32. The van der Waals surface area contributed by atoms with Crippen molar-refractivity contribution in [3.05, 3.63) is 65.2 Å². The summed E-state index contributed by atoms with van der Waals surface area (Å²) in [6, 6.07) is 14.0. The predicted octanol–water partition coefficient (Wildman–Crippen LogP) is 2.30. The summed E-state index contributed by atoms with van der Waals surface area (Å²) in [4.78, 5) is 0.355. The van der Waals surface area contributed by atoms with Gasteiger partial charge in [0.1, 0.15) is 5.84 Å². The van der Waals surface area contributed by atoms with Gasteiger partial charge in [-0.15, -0.1) is 0 Å². The van der Waals surface area contributed by atoms with E-state index >= 15 is 0 Å². The molecular formula is C16H18N2O2S. The molecule has 0 aliphatic heterocycles. The first kappa shape index (κ1) is 15.3. The van der Waals surface area contributed by atoms with E-state index in [2.05, 4.69) is 0 Å². The van der Waals surface area contributed by atoms with Gasteiger partial charge in [0, 0.05) is 5.56 Å². The molecule has 0 atom stereocenters. The number of aryl methyl sites for hydroxylation is 2. The lowest BCUT2D eigenvalue weighted by atomic mass is 10.1. The molecule has 0 saturated heterocycles. The van der Waals surface area contributed by atoms with Crippen LogP contribution < -0.4 is 5.73 Å². The molecule has 0 aliphatic rings. The lowest BCUT2D eigenvalue weighted by Crippen LogP contribution is -2.11. The maximum atomic E-state index is 12.2. The molecule has 2 aromatic rings. The smallest absolute Gasteiger partial charge is 0.178 e. The number of nitrogens with one attached hydrogen (secondary N) is 1. The molecule has 0 spiro atoms. The van der Waals surface area contributed by atoms with Crippen molar-refractivity contribution in [2.45, 2.75) is 18.2 Å². The van der Waals surface area contributed by atoms with Gasteiger partial charge in [-0.25, -0.2) is 8.42 Å². The maximum absolute atomic E-state index is 12.2. The summed E-state index contributed by atoms with van der Waals surface area (Å²) >= 11 is 0. The van der Waals surface area contributed by atoms with Crippen LogP contribution in [0.1, 0.15) is 16.7 Å². The number of rotatable bonds is 5. The third-order valence-corrected chi connectivity index (χ3v) is 5.04. The molecule has 3 N–H and O–H groups in total. The van der Waals surface area contributed by atoms with Gasteiger partial charge in [-0.1, -0.05) is 42.0 Å². The lowest BCUT2D eigenvalue weighted by Gasteiger charge is -2.06. The van der Waals surface area contributed by atoms with Crippen LogP contribution >= 0.6 is 0 Å². The van der Waals surface area contributed by atoms with E-state index in [1.807, 2.05) is 6.92 Å². The predicted molar refractivity (Wildman–Crippen MR) is 84.4 cm³/mol. The molecule has 2 aromatic carbocycles. The topological polar surface area (TPSA) is 84.0 Å².